The molecule has 0 atom stereocenters. The van der Waals surface area contributed by atoms with Gasteiger partial charge in [0.25, 0.3) is 0 Å². The molecule has 3 rings (SSSR count). The number of hydrogen-bond donors (Lipinski definition) is 1. The smallest absolute Gasteiger partial charge is 0.307 e. The highest BCUT2D eigenvalue weighted by Gasteiger charge is 2.09. The Morgan fingerprint density at radius 2 is 1.86 bits per heavy atom. The van der Waals surface area contributed by atoms with Crippen LogP contribution in [0.15, 0.2) is 54.7 Å². The summed E-state index contributed by atoms with van der Waals surface area (Å²) in [5.74, 6) is -0.832. The van der Waals surface area contributed by atoms with Gasteiger partial charge in [0.05, 0.1) is 17.0 Å². The molecule has 3 nitrogen and oxygen atoms in total. The average Bonchev–Trinajstić information content (AvgIpc) is 2.75. The van der Waals surface area contributed by atoms with Gasteiger partial charge in [-0.2, -0.15) is 0 Å². The van der Waals surface area contributed by atoms with Crippen LogP contribution in [0.3, 0.4) is 0 Å². The molecule has 0 radical (unpaired) electrons. The maximum Gasteiger partial charge on any atom is 0.307 e. The summed E-state index contributed by atoms with van der Waals surface area (Å²) in [6, 6.07) is 15.7. The molecule has 0 aliphatic rings. The highest BCUT2D eigenvalue weighted by Crippen LogP contribution is 2.27. The summed E-state index contributed by atoms with van der Waals surface area (Å²) in [6.45, 7) is 0.709. The molecule has 0 unspecified atom stereocenters. The minimum absolute atomic E-state index is 0.0179. The molecule has 1 aromatic heterocycles. The van der Waals surface area contributed by atoms with Gasteiger partial charge in [0, 0.05) is 18.1 Å². The summed E-state index contributed by atoms with van der Waals surface area (Å²) in [6.07, 6.45) is 1.91. The van der Waals surface area contributed by atoms with E-state index in [1.807, 2.05) is 42.6 Å². The second kappa shape index (κ2) is 5.62. The van der Waals surface area contributed by atoms with E-state index in [1.54, 1.807) is 0 Å². The van der Waals surface area contributed by atoms with Crippen LogP contribution in [0, 0.1) is 0 Å². The van der Waals surface area contributed by atoms with Gasteiger partial charge >= 0.3 is 5.97 Å². The standard InChI is InChI=1S/C17H14ClNO2/c18-15-11-19(10-12-4-2-1-3-5-12)16-8-13(9-17(20)21)6-7-14(15)16/h1-8,11H,9-10H2,(H,20,21). The van der Waals surface area contributed by atoms with Gasteiger partial charge in [-0.3, -0.25) is 4.79 Å². The van der Waals surface area contributed by atoms with Gasteiger partial charge in [0.2, 0.25) is 0 Å². The number of carboxylic acids is 1. The molecule has 0 aliphatic carbocycles. The zero-order valence-electron chi connectivity index (χ0n) is 11.3. The highest BCUT2D eigenvalue weighted by molar-refractivity contribution is 6.35. The van der Waals surface area contributed by atoms with E-state index in [2.05, 4.69) is 16.7 Å². The van der Waals surface area contributed by atoms with Gasteiger partial charge in [-0.1, -0.05) is 54.1 Å². The Morgan fingerprint density at radius 1 is 1.10 bits per heavy atom. The van der Waals surface area contributed by atoms with Gasteiger partial charge < -0.3 is 9.67 Å². The maximum absolute atomic E-state index is 10.9. The molecule has 0 aliphatic heterocycles. The molecule has 21 heavy (non-hydrogen) atoms. The van der Waals surface area contributed by atoms with Crippen molar-refractivity contribution < 1.29 is 9.90 Å². The molecule has 1 heterocycles. The number of halogens is 1. The van der Waals surface area contributed by atoms with Crippen LogP contribution in [0.4, 0.5) is 0 Å². The predicted molar refractivity (Wildman–Crippen MR) is 83.8 cm³/mol. The third-order valence-corrected chi connectivity index (χ3v) is 3.75. The van der Waals surface area contributed by atoms with E-state index in [9.17, 15) is 4.79 Å². The topological polar surface area (TPSA) is 42.2 Å². The zero-order chi connectivity index (χ0) is 14.8. The van der Waals surface area contributed by atoms with E-state index in [4.69, 9.17) is 16.7 Å². The van der Waals surface area contributed by atoms with E-state index < -0.39 is 5.97 Å². The summed E-state index contributed by atoms with van der Waals surface area (Å²) < 4.78 is 2.05. The number of benzene rings is 2. The van der Waals surface area contributed by atoms with Crippen LogP contribution in [0.25, 0.3) is 10.9 Å². The fourth-order valence-electron chi connectivity index (χ4n) is 2.49. The van der Waals surface area contributed by atoms with E-state index in [1.165, 1.54) is 5.56 Å². The second-order valence-electron chi connectivity index (χ2n) is 5.01. The van der Waals surface area contributed by atoms with Gasteiger partial charge in [0.1, 0.15) is 0 Å². The Hall–Kier alpha value is -2.26. The average molecular weight is 300 g/mol. The van der Waals surface area contributed by atoms with Crippen molar-refractivity contribution in [2.75, 3.05) is 0 Å². The number of carbonyl (C=O) groups is 1. The number of hydrogen-bond acceptors (Lipinski definition) is 1. The van der Waals surface area contributed by atoms with Crippen molar-refractivity contribution in [1.29, 1.82) is 0 Å². The number of aromatic nitrogens is 1. The molecule has 106 valence electrons. The van der Waals surface area contributed by atoms with Crippen molar-refractivity contribution in [3.8, 4) is 0 Å². The molecule has 0 spiro atoms. The third kappa shape index (κ3) is 2.93. The first-order valence-corrected chi connectivity index (χ1v) is 7.04. The molecule has 3 aromatic rings. The van der Waals surface area contributed by atoms with E-state index in [0.29, 0.717) is 11.6 Å². The zero-order valence-corrected chi connectivity index (χ0v) is 12.0. The minimum Gasteiger partial charge on any atom is -0.481 e. The molecule has 0 saturated carbocycles. The van der Waals surface area contributed by atoms with E-state index >= 15 is 0 Å². The third-order valence-electron chi connectivity index (χ3n) is 3.45. The summed E-state index contributed by atoms with van der Waals surface area (Å²) in [5, 5.41) is 10.5. The first-order chi connectivity index (χ1) is 10.1. The first-order valence-electron chi connectivity index (χ1n) is 6.66. The molecular formula is C17H14ClNO2. The molecule has 0 amide bonds. The second-order valence-corrected chi connectivity index (χ2v) is 5.42. The van der Waals surface area contributed by atoms with Crippen molar-refractivity contribution in [1.82, 2.24) is 4.57 Å². The quantitative estimate of drug-likeness (QED) is 0.792. The monoisotopic (exact) mass is 299 g/mol. The Balaban J connectivity index is 2.03. The lowest BCUT2D eigenvalue weighted by atomic mass is 10.1. The lowest BCUT2D eigenvalue weighted by Gasteiger charge is -2.06. The molecule has 4 heteroatoms. The number of fused-ring (bicyclic) bond motifs is 1. The lowest BCUT2D eigenvalue weighted by molar-refractivity contribution is -0.136. The first kappa shape index (κ1) is 13.7. The van der Waals surface area contributed by atoms with Crippen LogP contribution in [0.5, 0.6) is 0 Å². The number of aliphatic carboxylic acids is 1. The van der Waals surface area contributed by atoms with Gasteiger partial charge in [0.15, 0.2) is 0 Å². The van der Waals surface area contributed by atoms with E-state index in [-0.39, 0.29) is 6.42 Å². The van der Waals surface area contributed by atoms with Crippen LogP contribution in [0.1, 0.15) is 11.1 Å². The largest absolute Gasteiger partial charge is 0.481 e. The highest BCUT2D eigenvalue weighted by atomic mass is 35.5. The lowest BCUT2D eigenvalue weighted by Crippen LogP contribution is -2.01. The maximum atomic E-state index is 10.9. The molecular weight excluding hydrogens is 286 g/mol. The van der Waals surface area contributed by atoms with Crippen molar-refractivity contribution >= 4 is 28.5 Å². The SMILES string of the molecule is O=C(O)Cc1ccc2c(Cl)cn(Cc3ccccc3)c2c1. The Morgan fingerprint density at radius 3 is 2.57 bits per heavy atom. The predicted octanol–water partition coefficient (Wildman–Crippen LogP) is 3.97. The Labute approximate surface area is 127 Å². The van der Waals surface area contributed by atoms with Crippen LogP contribution in [0.2, 0.25) is 5.02 Å². The number of rotatable bonds is 4. The van der Waals surface area contributed by atoms with Gasteiger partial charge in [-0.05, 0) is 17.2 Å². The van der Waals surface area contributed by atoms with Gasteiger partial charge in [-0.15, -0.1) is 0 Å². The van der Waals surface area contributed by atoms with Crippen LogP contribution < -0.4 is 0 Å². The minimum atomic E-state index is -0.832. The normalized spacial score (nSPS) is 10.9. The Kier molecular flexibility index (Phi) is 3.67. The van der Waals surface area contributed by atoms with E-state index in [0.717, 1.165) is 16.5 Å². The number of carboxylic acid groups (broad SMARTS) is 1. The molecule has 1 N–H and O–H groups in total. The summed E-state index contributed by atoms with van der Waals surface area (Å²) in [5.41, 5.74) is 2.91. The van der Waals surface area contributed by atoms with Crippen molar-refractivity contribution in [2.45, 2.75) is 13.0 Å². The number of nitrogens with zero attached hydrogens (tertiary/aromatic N) is 1. The summed E-state index contributed by atoms with van der Waals surface area (Å²) in [4.78, 5) is 10.9. The molecule has 2 aromatic carbocycles. The van der Waals surface area contributed by atoms with Crippen molar-refractivity contribution in [3.05, 3.63) is 70.9 Å². The van der Waals surface area contributed by atoms with Crippen molar-refractivity contribution in [2.24, 2.45) is 0 Å². The summed E-state index contributed by atoms with van der Waals surface area (Å²) in [7, 11) is 0. The van der Waals surface area contributed by atoms with Crippen LogP contribution in [-0.2, 0) is 17.8 Å². The van der Waals surface area contributed by atoms with Crippen molar-refractivity contribution in [3.63, 3.8) is 0 Å². The van der Waals surface area contributed by atoms with Crippen LogP contribution >= 0.6 is 11.6 Å². The van der Waals surface area contributed by atoms with Gasteiger partial charge in [-0.25, -0.2) is 0 Å². The molecule has 0 bridgehead atoms. The fourth-order valence-corrected chi connectivity index (χ4v) is 2.77. The van der Waals surface area contributed by atoms with Crippen LogP contribution in [-0.4, -0.2) is 15.6 Å². The fraction of sp³-hybridized carbons (Fsp3) is 0.118. The summed E-state index contributed by atoms with van der Waals surface area (Å²) >= 11 is 6.26. The Bertz CT molecular complexity index is 793. The molecule has 0 fully saturated rings. The molecule has 0 saturated heterocycles.